The molecule has 31 heavy (non-hydrogen) atoms. The van der Waals surface area contributed by atoms with Gasteiger partial charge in [0.2, 0.25) is 0 Å². The first-order chi connectivity index (χ1) is 14.8. The van der Waals surface area contributed by atoms with Crippen LogP contribution >= 0.6 is 0 Å². The van der Waals surface area contributed by atoms with Crippen LogP contribution in [0.4, 0.5) is 9.18 Å². The fourth-order valence-corrected chi connectivity index (χ4v) is 4.30. The predicted molar refractivity (Wildman–Crippen MR) is 111 cm³/mol. The molecular weight excluding hydrogens is 401 g/mol. The summed E-state index contributed by atoms with van der Waals surface area (Å²) in [5.41, 5.74) is 0.648. The standard InChI is InChI=1S/C22H30FN5O3/c1-22(2,3)31-21(29)27-8-6-16(7-9-27)18-11-17(18)13-30-12-15-4-5-20(19(23)10-15)28-14-24-25-26-28/h4-5,10,14,16-18H,6-9,11-13H2,1-3H3/t17-,18+/m0/s1. The van der Waals surface area contributed by atoms with E-state index < -0.39 is 5.60 Å². The normalized spacial score (nSPS) is 21.9. The Morgan fingerprint density at radius 3 is 2.68 bits per heavy atom. The summed E-state index contributed by atoms with van der Waals surface area (Å²) in [5.74, 6) is 1.48. The zero-order valence-corrected chi connectivity index (χ0v) is 18.3. The molecular formula is C22H30FN5O3. The summed E-state index contributed by atoms with van der Waals surface area (Å²) in [5, 5.41) is 10.8. The minimum absolute atomic E-state index is 0.208. The zero-order valence-electron chi connectivity index (χ0n) is 18.3. The van der Waals surface area contributed by atoms with Crippen molar-refractivity contribution < 1.29 is 18.7 Å². The SMILES string of the molecule is CC(C)(C)OC(=O)N1CCC([C@H]2C[C@H]2COCc2ccc(-n3cnnn3)c(F)c2)CC1. The lowest BCUT2D eigenvalue weighted by atomic mass is 9.91. The van der Waals surface area contributed by atoms with E-state index in [9.17, 15) is 9.18 Å². The maximum absolute atomic E-state index is 14.3. The first kappa shape index (κ1) is 21.7. The Labute approximate surface area is 181 Å². The number of aromatic nitrogens is 4. The molecule has 1 saturated heterocycles. The molecule has 1 amide bonds. The largest absolute Gasteiger partial charge is 0.444 e. The molecule has 1 aromatic heterocycles. The molecule has 0 radical (unpaired) electrons. The molecule has 1 aromatic carbocycles. The Morgan fingerprint density at radius 2 is 2.03 bits per heavy atom. The number of rotatable bonds is 6. The molecule has 2 atom stereocenters. The van der Waals surface area contributed by atoms with Crippen LogP contribution in [0.5, 0.6) is 0 Å². The second-order valence-corrected chi connectivity index (χ2v) is 9.52. The Hall–Kier alpha value is -2.55. The van der Waals surface area contributed by atoms with E-state index in [1.54, 1.807) is 6.07 Å². The Kier molecular flexibility index (Phi) is 6.22. The third-order valence-electron chi connectivity index (χ3n) is 5.98. The minimum atomic E-state index is -0.455. The van der Waals surface area contributed by atoms with Gasteiger partial charge in [0.15, 0.2) is 0 Å². The molecule has 1 saturated carbocycles. The van der Waals surface area contributed by atoms with Crippen molar-refractivity contribution in [3.63, 3.8) is 0 Å². The lowest BCUT2D eigenvalue weighted by Gasteiger charge is -2.33. The summed E-state index contributed by atoms with van der Waals surface area (Å²) in [6.45, 7) is 8.27. The summed E-state index contributed by atoms with van der Waals surface area (Å²) in [6, 6.07) is 4.95. The van der Waals surface area contributed by atoms with Gasteiger partial charge >= 0.3 is 6.09 Å². The number of halogens is 1. The lowest BCUT2D eigenvalue weighted by molar-refractivity contribution is 0.0170. The van der Waals surface area contributed by atoms with Crippen molar-refractivity contribution in [2.24, 2.45) is 17.8 Å². The van der Waals surface area contributed by atoms with E-state index in [4.69, 9.17) is 9.47 Å². The van der Waals surface area contributed by atoms with Crippen molar-refractivity contribution in [2.45, 2.75) is 52.2 Å². The highest BCUT2D eigenvalue weighted by atomic mass is 19.1. The molecule has 1 aliphatic heterocycles. The van der Waals surface area contributed by atoms with Gasteiger partial charge in [0.05, 0.1) is 13.2 Å². The van der Waals surface area contributed by atoms with Crippen molar-refractivity contribution in [3.05, 3.63) is 35.9 Å². The third-order valence-corrected chi connectivity index (χ3v) is 5.98. The molecule has 0 bridgehead atoms. The molecule has 2 aromatic rings. The number of nitrogens with zero attached hydrogens (tertiary/aromatic N) is 5. The highest BCUT2D eigenvalue weighted by Crippen LogP contribution is 2.48. The fourth-order valence-electron chi connectivity index (χ4n) is 4.30. The maximum Gasteiger partial charge on any atom is 0.410 e. The minimum Gasteiger partial charge on any atom is -0.444 e. The van der Waals surface area contributed by atoms with Crippen molar-refractivity contribution >= 4 is 6.09 Å². The summed E-state index contributed by atoms with van der Waals surface area (Å²) >= 11 is 0. The van der Waals surface area contributed by atoms with Crippen LogP contribution in [0.1, 0.15) is 45.6 Å². The molecule has 4 rings (SSSR count). The number of benzene rings is 1. The van der Waals surface area contributed by atoms with Crippen LogP contribution in [0, 0.1) is 23.6 Å². The molecule has 168 valence electrons. The van der Waals surface area contributed by atoms with E-state index in [1.165, 1.54) is 23.5 Å². The molecule has 2 aliphatic rings. The number of likely N-dealkylation sites (tertiary alicyclic amines) is 1. The zero-order chi connectivity index (χ0) is 22.0. The second kappa shape index (κ2) is 8.90. The molecule has 1 aliphatic carbocycles. The predicted octanol–water partition coefficient (Wildman–Crippen LogP) is 3.60. The molecule has 8 nitrogen and oxygen atoms in total. The van der Waals surface area contributed by atoms with Crippen LogP contribution in [0.25, 0.3) is 5.69 Å². The molecule has 0 N–H and O–H groups in total. The van der Waals surface area contributed by atoms with E-state index in [0.29, 0.717) is 36.7 Å². The van der Waals surface area contributed by atoms with E-state index in [-0.39, 0.29) is 11.9 Å². The van der Waals surface area contributed by atoms with Gasteiger partial charge in [-0.3, -0.25) is 0 Å². The maximum atomic E-state index is 14.3. The average Bonchev–Trinajstić information content (AvgIpc) is 3.27. The fraction of sp³-hybridized carbons (Fsp3) is 0.636. The summed E-state index contributed by atoms with van der Waals surface area (Å²) in [4.78, 5) is 14.0. The number of hydrogen-bond acceptors (Lipinski definition) is 6. The van der Waals surface area contributed by atoms with Crippen molar-refractivity contribution in [1.29, 1.82) is 0 Å². The number of piperidine rings is 1. The third kappa shape index (κ3) is 5.58. The highest BCUT2D eigenvalue weighted by molar-refractivity contribution is 5.68. The monoisotopic (exact) mass is 431 g/mol. The Balaban J connectivity index is 1.17. The van der Waals surface area contributed by atoms with Gasteiger partial charge in [0.25, 0.3) is 0 Å². The smallest absolute Gasteiger partial charge is 0.410 e. The number of tetrazole rings is 1. The van der Waals surface area contributed by atoms with Gasteiger partial charge in [0, 0.05) is 13.1 Å². The van der Waals surface area contributed by atoms with Crippen molar-refractivity contribution in [3.8, 4) is 5.69 Å². The van der Waals surface area contributed by atoms with Crippen LogP contribution in [0.2, 0.25) is 0 Å². The van der Waals surface area contributed by atoms with E-state index in [0.717, 1.165) is 31.5 Å². The van der Waals surface area contributed by atoms with Crippen LogP contribution < -0.4 is 0 Å². The summed E-state index contributed by atoms with van der Waals surface area (Å²) in [7, 11) is 0. The first-order valence-corrected chi connectivity index (χ1v) is 10.9. The van der Waals surface area contributed by atoms with Gasteiger partial charge in [-0.15, -0.1) is 5.10 Å². The van der Waals surface area contributed by atoms with Crippen molar-refractivity contribution in [1.82, 2.24) is 25.1 Å². The summed E-state index contributed by atoms with van der Waals surface area (Å²) in [6.07, 6.45) is 4.36. The molecule has 2 heterocycles. The van der Waals surface area contributed by atoms with Crippen LogP contribution in [0.3, 0.4) is 0 Å². The van der Waals surface area contributed by atoms with E-state index in [1.807, 2.05) is 31.7 Å². The second-order valence-electron chi connectivity index (χ2n) is 9.52. The number of hydrogen-bond donors (Lipinski definition) is 0. The van der Waals surface area contributed by atoms with E-state index in [2.05, 4.69) is 15.5 Å². The number of ether oxygens (including phenoxy) is 2. The van der Waals surface area contributed by atoms with Gasteiger partial charge in [-0.05, 0) is 85.9 Å². The van der Waals surface area contributed by atoms with Gasteiger partial charge in [-0.1, -0.05) is 6.07 Å². The molecule has 9 heteroatoms. The van der Waals surface area contributed by atoms with E-state index >= 15 is 0 Å². The summed E-state index contributed by atoms with van der Waals surface area (Å²) < 4.78 is 26.9. The average molecular weight is 432 g/mol. The Morgan fingerprint density at radius 1 is 1.26 bits per heavy atom. The van der Waals surface area contributed by atoms with Gasteiger partial charge < -0.3 is 14.4 Å². The van der Waals surface area contributed by atoms with Crippen LogP contribution in [-0.4, -0.2) is 56.5 Å². The molecule has 0 spiro atoms. The van der Waals surface area contributed by atoms with Crippen molar-refractivity contribution in [2.75, 3.05) is 19.7 Å². The lowest BCUT2D eigenvalue weighted by Crippen LogP contribution is -2.42. The van der Waals surface area contributed by atoms with Gasteiger partial charge in [-0.25, -0.2) is 9.18 Å². The topological polar surface area (TPSA) is 82.4 Å². The number of carbonyl (C=O) groups is 1. The highest BCUT2D eigenvalue weighted by Gasteiger charge is 2.44. The van der Waals surface area contributed by atoms with Crippen LogP contribution in [-0.2, 0) is 16.1 Å². The number of amides is 1. The van der Waals surface area contributed by atoms with Gasteiger partial charge in [0.1, 0.15) is 23.4 Å². The first-order valence-electron chi connectivity index (χ1n) is 10.9. The number of carbonyl (C=O) groups excluding carboxylic acids is 1. The molecule has 0 unspecified atom stereocenters. The van der Waals surface area contributed by atoms with Crippen LogP contribution in [0.15, 0.2) is 24.5 Å². The quantitative estimate of drug-likeness (QED) is 0.695. The Bertz CT molecular complexity index is 891. The molecule has 2 fully saturated rings. The van der Waals surface area contributed by atoms with Gasteiger partial charge in [-0.2, -0.15) is 4.68 Å².